The zero-order valence-electron chi connectivity index (χ0n) is 15.3. The van der Waals surface area contributed by atoms with Crippen LogP contribution in [0.5, 0.6) is 5.75 Å². The summed E-state index contributed by atoms with van der Waals surface area (Å²) < 4.78 is 7.25. The van der Waals surface area contributed by atoms with E-state index >= 15 is 0 Å². The molecule has 0 aliphatic rings. The molecule has 0 spiro atoms. The number of fused-ring (bicyclic) bond motifs is 1. The van der Waals surface area contributed by atoms with Crippen LogP contribution in [0.1, 0.15) is 37.1 Å². The summed E-state index contributed by atoms with van der Waals surface area (Å²) >= 11 is 1.54. The summed E-state index contributed by atoms with van der Waals surface area (Å²) in [4.78, 5) is 18.8. The quantitative estimate of drug-likeness (QED) is 0.688. The van der Waals surface area contributed by atoms with Crippen LogP contribution >= 0.6 is 11.3 Å². The van der Waals surface area contributed by atoms with Crippen molar-refractivity contribution in [1.29, 1.82) is 0 Å². The number of hydrogen-bond acceptors (Lipinski definition) is 5. The minimum absolute atomic E-state index is 0.118. The lowest BCUT2D eigenvalue weighted by molar-refractivity contribution is 0.0909. The van der Waals surface area contributed by atoms with Crippen LogP contribution in [0.15, 0.2) is 41.5 Å². The molecule has 26 heavy (non-hydrogen) atoms. The first-order chi connectivity index (χ1) is 12.5. The van der Waals surface area contributed by atoms with E-state index in [4.69, 9.17) is 4.74 Å². The summed E-state index contributed by atoms with van der Waals surface area (Å²) in [7, 11) is 0. The van der Waals surface area contributed by atoms with E-state index in [2.05, 4.69) is 25.8 Å². The summed E-state index contributed by atoms with van der Waals surface area (Å²) in [6, 6.07) is 9.71. The van der Waals surface area contributed by atoms with Gasteiger partial charge in [0.1, 0.15) is 23.3 Å². The first-order valence-corrected chi connectivity index (χ1v) is 9.68. The highest BCUT2D eigenvalue weighted by Crippen LogP contribution is 2.26. The van der Waals surface area contributed by atoms with Gasteiger partial charge >= 0.3 is 0 Å². The molecule has 0 amide bonds. The van der Waals surface area contributed by atoms with Crippen LogP contribution < -0.4 is 10.3 Å². The molecule has 3 rings (SSSR count). The molecule has 3 aromatic rings. The second kappa shape index (κ2) is 8.01. The Hall–Kier alpha value is -2.18. The maximum atomic E-state index is 12.6. The highest BCUT2D eigenvalue weighted by Gasteiger charge is 2.13. The van der Waals surface area contributed by atoms with Crippen LogP contribution in [-0.4, -0.2) is 27.4 Å². The Morgan fingerprint density at radius 2 is 2.08 bits per heavy atom. The van der Waals surface area contributed by atoms with E-state index in [1.165, 1.54) is 22.2 Å². The molecule has 2 heterocycles. The van der Waals surface area contributed by atoms with Gasteiger partial charge in [0.2, 0.25) is 0 Å². The number of para-hydroxylation sites is 1. The predicted octanol–water partition coefficient (Wildman–Crippen LogP) is 3.58. The number of nitrogens with zero attached hydrogens (tertiary/aromatic N) is 2. The number of thiophene rings is 1. The van der Waals surface area contributed by atoms with Gasteiger partial charge in [-0.25, -0.2) is 4.98 Å². The van der Waals surface area contributed by atoms with Crippen molar-refractivity contribution in [2.45, 2.75) is 45.8 Å². The normalized spacial score (nSPS) is 12.7. The lowest BCUT2D eigenvalue weighted by Crippen LogP contribution is -2.30. The number of aliphatic hydroxyl groups excluding tert-OH is 1. The van der Waals surface area contributed by atoms with Gasteiger partial charge in [-0.1, -0.05) is 39.0 Å². The van der Waals surface area contributed by atoms with Crippen molar-refractivity contribution in [2.75, 3.05) is 6.61 Å². The van der Waals surface area contributed by atoms with Crippen molar-refractivity contribution in [3.8, 4) is 5.75 Å². The summed E-state index contributed by atoms with van der Waals surface area (Å²) in [6.45, 7) is 6.54. The van der Waals surface area contributed by atoms with Crippen molar-refractivity contribution in [1.82, 2.24) is 9.55 Å². The highest BCUT2D eigenvalue weighted by atomic mass is 32.1. The molecule has 0 radical (unpaired) electrons. The van der Waals surface area contributed by atoms with Crippen LogP contribution in [0, 0.1) is 0 Å². The monoisotopic (exact) mass is 372 g/mol. The van der Waals surface area contributed by atoms with Gasteiger partial charge in [0.05, 0.1) is 18.3 Å². The number of aryl methyl sites for hydroxylation is 1. The van der Waals surface area contributed by atoms with Gasteiger partial charge in [0.15, 0.2) is 0 Å². The Kier molecular flexibility index (Phi) is 5.74. The highest BCUT2D eigenvalue weighted by molar-refractivity contribution is 7.18. The number of ether oxygens (including phenoxy) is 1. The zero-order valence-corrected chi connectivity index (χ0v) is 16.1. The zero-order chi connectivity index (χ0) is 18.7. The van der Waals surface area contributed by atoms with Gasteiger partial charge in [-0.05, 0) is 30.0 Å². The van der Waals surface area contributed by atoms with E-state index in [0.29, 0.717) is 11.3 Å². The van der Waals surface area contributed by atoms with Crippen molar-refractivity contribution in [3.05, 3.63) is 57.5 Å². The summed E-state index contributed by atoms with van der Waals surface area (Å²) in [5.74, 6) is 1.11. The van der Waals surface area contributed by atoms with Crippen molar-refractivity contribution < 1.29 is 9.84 Å². The van der Waals surface area contributed by atoms with E-state index in [9.17, 15) is 9.90 Å². The smallest absolute Gasteiger partial charge is 0.262 e. The minimum atomic E-state index is -0.795. The predicted molar refractivity (Wildman–Crippen MR) is 105 cm³/mol. The Balaban J connectivity index is 1.71. The molecule has 0 saturated carbocycles. The number of hydrogen-bond donors (Lipinski definition) is 1. The van der Waals surface area contributed by atoms with Crippen LogP contribution in [0.2, 0.25) is 0 Å². The van der Waals surface area contributed by atoms with E-state index in [-0.39, 0.29) is 18.7 Å². The summed E-state index contributed by atoms with van der Waals surface area (Å²) in [6.07, 6.45) is 1.59. The molecule has 0 bridgehead atoms. The minimum Gasteiger partial charge on any atom is -0.491 e. The second-order valence-corrected chi connectivity index (χ2v) is 7.76. The molecule has 0 aliphatic carbocycles. The van der Waals surface area contributed by atoms with E-state index in [1.807, 2.05) is 30.3 Å². The Morgan fingerprint density at radius 3 is 2.81 bits per heavy atom. The van der Waals surface area contributed by atoms with Gasteiger partial charge < -0.3 is 9.84 Å². The third-order valence-corrected chi connectivity index (χ3v) is 5.48. The molecule has 138 valence electrons. The Morgan fingerprint density at radius 1 is 1.31 bits per heavy atom. The number of aliphatic hydroxyl groups is 1. The standard InChI is InChI=1S/C20H24N2O3S/c1-4-15-9-17-19(26-15)21-12-22(20(17)24)10-14(23)11-25-18-8-6-5-7-16(18)13(2)3/h5-9,12-14,23H,4,10-11H2,1-3H3. The first kappa shape index (κ1) is 18.6. The summed E-state index contributed by atoms with van der Waals surface area (Å²) in [5.41, 5.74) is 0.984. The topological polar surface area (TPSA) is 64.4 Å². The van der Waals surface area contributed by atoms with Gasteiger partial charge in [-0.15, -0.1) is 11.3 Å². The average Bonchev–Trinajstić information content (AvgIpc) is 3.07. The number of aromatic nitrogens is 2. The molecule has 2 aromatic heterocycles. The lowest BCUT2D eigenvalue weighted by Gasteiger charge is -2.17. The Bertz CT molecular complexity index is 946. The SMILES string of the molecule is CCc1cc2c(=O)n(CC(O)COc3ccccc3C(C)C)cnc2s1. The van der Waals surface area contributed by atoms with E-state index in [0.717, 1.165) is 27.4 Å². The molecule has 0 saturated heterocycles. The lowest BCUT2D eigenvalue weighted by atomic mass is 10.0. The molecule has 0 aliphatic heterocycles. The van der Waals surface area contributed by atoms with E-state index in [1.54, 1.807) is 0 Å². The molecule has 1 atom stereocenters. The fourth-order valence-corrected chi connectivity index (χ4v) is 3.79. The second-order valence-electron chi connectivity index (χ2n) is 6.64. The molecule has 1 aromatic carbocycles. The van der Waals surface area contributed by atoms with Gasteiger partial charge in [0, 0.05) is 4.88 Å². The fraction of sp³-hybridized carbons (Fsp3) is 0.400. The average molecular weight is 372 g/mol. The molecule has 1 unspecified atom stereocenters. The molecule has 6 heteroatoms. The van der Waals surface area contributed by atoms with Crippen LogP contribution in [0.3, 0.4) is 0 Å². The van der Waals surface area contributed by atoms with Gasteiger partial charge in [0.25, 0.3) is 5.56 Å². The van der Waals surface area contributed by atoms with Crippen LogP contribution in [-0.2, 0) is 13.0 Å². The third kappa shape index (κ3) is 3.97. The van der Waals surface area contributed by atoms with Crippen LogP contribution in [0.25, 0.3) is 10.2 Å². The van der Waals surface area contributed by atoms with Crippen molar-refractivity contribution in [2.24, 2.45) is 0 Å². The maximum absolute atomic E-state index is 12.6. The van der Waals surface area contributed by atoms with Crippen molar-refractivity contribution >= 4 is 21.6 Å². The van der Waals surface area contributed by atoms with E-state index < -0.39 is 6.10 Å². The first-order valence-electron chi connectivity index (χ1n) is 8.87. The van der Waals surface area contributed by atoms with Gasteiger partial charge in [-0.2, -0.15) is 0 Å². The number of benzene rings is 1. The molecule has 0 fully saturated rings. The van der Waals surface area contributed by atoms with Crippen molar-refractivity contribution in [3.63, 3.8) is 0 Å². The fourth-order valence-electron chi connectivity index (χ4n) is 2.87. The Labute approximate surface area is 156 Å². The molecule has 1 N–H and O–H groups in total. The molecule has 5 nitrogen and oxygen atoms in total. The third-order valence-electron chi connectivity index (χ3n) is 4.30. The maximum Gasteiger partial charge on any atom is 0.262 e. The molecular formula is C20H24N2O3S. The van der Waals surface area contributed by atoms with Crippen LogP contribution in [0.4, 0.5) is 0 Å². The summed E-state index contributed by atoms with van der Waals surface area (Å²) in [5, 5.41) is 10.9. The largest absolute Gasteiger partial charge is 0.491 e. The molecular weight excluding hydrogens is 348 g/mol. The van der Waals surface area contributed by atoms with Gasteiger partial charge in [-0.3, -0.25) is 9.36 Å². The number of rotatable bonds is 7.